The first kappa shape index (κ1) is 11.8. The van der Waals surface area contributed by atoms with E-state index in [1.54, 1.807) is 0 Å². The van der Waals surface area contributed by atoms with E-state index in [1.807, 2.05) is 0 Å². The van der Waals surface area contributed by atoms with Gasteiger partial charge in [0.2, 0.25) is 0 Å². The number of hydrogen-bond acceptors (Lipinski definition) is 3. The molecule has 2 N–H and O–H groups in total. The van der Waals surface area contributed by atoms with E-state index in [9.17, 15) is 9.32 Å². The summed E-state index contributed by atoms with van der Waals surface area (Å²) in [4.78, 5) is 0. The van der Waals surface area contributed by atoms with Crippen molar-refractivity contribution in [2.45, 2.75) is 0 Å². The number of hydrogen-bond donors (Lipinski definition) is 1. The van der Waals surface area contributed by atoms with Crippen LogP contribution in [-0.4, -0.2) is 15.0 Å². The minimum Gasteiger partial charge on any atom is -0.867 e. The van der Waals surface area contributed by atoms with Crippen molar-refractivity contribution in [3.63, 3.8) is 0 Å². The predicted molar refractivity (Wildman–Crippen MR) is 29.8 cm³/mol. The summed E-state index contributed by atoms with van der Waals surface area (Å²) in [7, 11) is -1.55. The maximum absolute atomic E-state index is 9.86. The average molecular weight is 161 g/mol. The van der Waals surface area contributed by atoms with Gasteiger partial charge in [0, 0.05) is 0 Å². The standard InChI is InChI=1S/C2H5NO2S2.Na/c3-7(5)1-2(4)6;/h1,3H2,(H,4,6);/q;+1/p-1. The third-order valence-electron chi connectivity index (χ3n) is 0.260. The Morgan fingerprint density at radius 3 is 2.25 bits per heavy atom. The van der Waals surface area contributed by atoms with Crippen molar-refractivity contribution < 1.29 is 38.9 Å². The molecule has 0 heterocycles. The summed E-state index contributed by atoms with van der Waals surface area (Å²) in [6.45, 7) is 0. The van der Waals surface area contributed by atoms with Crippen LogP contribution in [0.2, 0.25) is 0 Å². The molecular formula is C2H4NNaO2S2. The van der Waals surface area contributed by atoms with E-state index in [-0.39, 0.29) is 35.3 Å². The fourth-order valence-corrected chi connectivity index (χ4v) is 0.697. The normalized spacial score (nSPS) is 11.6. The summed E-state index contributed by atoms with van der Waals surface area (Å²) in [5.41, 5.74) is 0. The van der Waals surface area contributed by atoms with Crippen LogP contribution in [0.5, 0.6) is 0 Å². The van der Waals surface area contributed by atoms with E-state index in [0.29, 0.717) is 0 Å². The van der Waals surface area contributed by atoms with Gasteiger partial charge in [0.05, 0.1) is 16.7 Å². The average Bonchev–Trinajstić information content (AvgIpc) is 1.27. The van der Waals surface area contributed by atoms with Crippen molar-refractivity contribution in [1.82, 2.24) is 0 Å². The van der Waals surface area contributed by atoms with Gasteiger partial charge in [0.1, 0.15) is 0 Å². The molecule has 0 radical (unpaired) electrons. The molecule has 0 bridgehead atoms. The fraction of sp³-hybridized carbons (Fsp3) is 0.500. The van der Waals surface area contributed by atoms with E-state index in [0.717, 1.165) is 0 Å². The van der Waals surface area contributed by atoms with Gasteiger partial charge in [-0.15, -0.1) is 12.2 Å². The summed E-state index contributed by atoms with van der Waals surface area (Å²) in [5.74, 6) is -0.213. The molecular weight excluding hydrogens is 157 g/mol. The van der Waals surface area contributed by atoms with Crippen molar-refractivity contribution in [3.05, 3.63) is 0 Å². The Labute approximate surface area is 77.5 Å². The monoisotopic (exact) mass is 161 g/mol. The quantitative estimate of drug-likeness (QED) is 0.327. The Kier molecular flexibility index (Phi) is 9.00. The molecule has 0 fully saturated rings. The van der Waals surface area contributed by atoms with Gasteiger partial charge in [-0.1, -0.05) is 5.05 Å². The van der Waals surface area contributed by atoms with E-state index in [1.165, 1.54) is 0 Å². The van der Waals surface area contributed by atoms with Gasteiger partial charge in [0.15, 0.2) is 0 Å². The Bertz CT molecular complexity index is 94.2. The summed E-state index contributed by atoms with van der Waals surface area (Å²) in [6.07, 6.45) is 0. The van der Waals surface area contributed by atoms with Crippen molar-refractivity contribution in [2.75, 3.05) is 5.75 Å². The first-order valence-electron chi connectivity index (χ1n) is 1.45. The van der Waals surface area contributed by atoms with Gasteiger partial charge in [-0.25, -0.2) is 4.21 Å². The predicted octanol–water partition coefficient (Wildman–Crippen LogP) is -4.70. The van der Waals surface area contributed by atoms with Crippen LogP contribution in [0.25, 0.3) is 0 Å². The van der Waals surface area contributed by atoms with Crippen LogP contribution < -0.4 is 39.8 Å². The molecule has 0 saturated heterocycles. The Balaban J connectivity index is 0. The summed E-state index contributed by atoms with van der Waals surface area (Å²) in [5, 5.41) is 13.9. The minimum atomic E-state index is -1.55. The second-order valence-corrected chi connectivity index (χ2v) is 2.40. The van der Waals surface area contributed by atoms with Crippen LogP contribution in [0, 0.1) is 0 Å². The molecule has 8 heavy (non-hydrogen) atoms. The van der Waals surface area contributed by atoms with Crippen molar-refractivity contribution >= 4 is 28.3 Å². The van der Waals surface area contributed by atoms with Gasteiger partial charge in [0.25, 0.3) is 0 Å². The Morgan fingerprint density at radius 1 is 1.88 bits per heavy atom. The zero-order chi connectivity index (χ0) is 5.86. The van der Waals surface area contributed by atoms with Gasteiger partial charge < -0.3 is 5.11 Å². The third-order valence-corrected chi connectivity index (χ3v) is 1.13. The first-order chi connectivity index (χ1) is 3.13. The SMILES string of the molecule is NS(=O)CC([O-])=S.[Na+]. The molecule has 1 unspecified atom stereocenters. The molecule has 42 valence electrons. The minimum absolute atomic E-state index is 0. The topological polar surface area (TPSA) is 66.2 Å². The molecule has 0 aromatic heterocycles. The van der Waals surface area contributed by atoms with E-state index >= 15 is 0 Å². The van der Waals surface area contributed by atoms with E-state index < -0.39 is 16.0 Å². The van der Waals surface area contributed by atoms with Crippen molar-refractivity contribution in [2.24, 2.45) is 5.14 Å². The summed E-state index contributed by atoms with van der Waals surface area (Å²) in [6, 6.07) is 0. The van der Waals surface area contributed by atoms with Crippen LogP contribution in [0.3, 0.4) is 0 Å². The molecule has 0 aliphatic rings. The molecule has 0 aromatic carbocycles. The van der Waals surface area contributed by atoms with Crippen LogP contribution in [0.15, 0.2) is 0 Å². The second kappa shape index (κ2) is 6.12. The molecule has 0 amide bonds. The molecule has 0 saturated carbocycles. The largest absolute Gasteiger partial charge is 1.00 e. The first-order valence-corrected chi connectivity index (χ1v) is 3.24. The molecule has 6 heteroatoms. The Hall–Kier alpha value is 1.00. The molecule has 0 aliphatic heterocycles. The number of rotatable bonds is 2. The van der Waals surface area contributed by atoms with Crippen LogP contribution >= 0.6 is 12.2 Å². The van der Waals surface area contributed by atoms with Crippen LogP contribution in [-0.2, 0) is 11.0 Å². The number of nitrogens with two attached hydrogens (primary N) is 1. The van der Waals surface area contributed by atoms with E-state index in [2.05, 4.69) is 17.4 Å². The summed E-state index contributed by atoms with van der Waals surface area (Å²) >= 11 is 4.04. The molecule has 3 nitrogen and oxygen atoms in total. The van der Waals surface area contributed by atoms with Gasteiger partial charge in [-0.2, -0.15) is 0 Å². The number of thiocarbonyl (C=S) groups is 1. The Morgan fingerprint density at radius 2 is 2.25 bits per heavy atom. The van der Waals surface area contributed by atoms with E-state index in [4.69, 9.17) is 0 Å². The van der Waals surface area contributed by atoms with Crippen LogP contribution in [0.4, 0.5) is 0 Å². The molecule has 0 aliphatic carbocycles. The van der Waals surface area contributed by atoms with Crippen molar-refractivity contribution in [3.8, 4) is 0 Å². The maximum atomic E-state index is 9.86. The summed E-state index contributed by atoms with van der Waals surface area (Å²) < 4.78 is 9.86. The third kappa shape index (κ3) is 10.1. The molecule has 0 spiro atoms. The molecule has 0 rings (SSSR count). The second-order valence-electron chi connectivity index (χ2n) is 0.897. The van der Waals surface area contributed by atoms with Crippen molar-refractivity contribution in [1.29, 1.82) is 0 Å². The van der Waals surface area contributed by atoms with Gasteiger partial charge in [-0.05, 0) is 0 Å². The van der Waals surface area contributed by atoms with Gasteiger partial charge in [-0.3, -0.25) is 5.14 Å². The zero-order valence-corrected chi connectivity index (χ0v) is 8.05. The van der Waals surface area contributed by atoms with Gasteiger partial charge >= 0.3 is 29.6 Å². The fourth-order valence-electron chi connectivity index (χ4n) is 0.116. The maximum Gasteiger partial charge on any atom is 1.00 e. The molecule has 0 aromatic rings. The smallest absolute Gasteiger partial charge is 0.867 e. The van der Waals surface area contributed by atoms with Crippen LogP contribution in [0.1, 0.15) is 0 Å². The zero-order valence-electron chi connectivity index (χ0n) is 4.42. The molecule has 1 atom stereocenters.